The number of hydrogen-bond donors (Lipinski definition) is 1. The minimum absolute atomic E-state index is 0.726. The molecule has 0 aliphatic carbocycles. The lowest BCUT2D eigenvalue weighted by atomic mass is 10.2. The molecule has 0 atom stereocenters. The highest BCUT2D eigenvalue weighted by atomic mass is 15.2. The van der Waals surface area contributed by atoms with Crippen molar-refractivity contribution in [3.05, 3.63) is 18.1 Å². The van der Waals surface area contributed by atoms with Gasteiger partial charge in [0.05, 0.1) is 0 Å². The van der Waals surface area contributed by atoms with E-state index in [9.17, 15) is 0 Å². The number of anilines is 1. The van der Waals surface area contributed by atoms with Gasteiger partial charge in [0.15, 0.2) is 0 Å². The summed E-state index contributed by atoms with van der Waals surface area (Å²) in [5, 5.41) is 0. The predicted molar refractivity (Wildman–Crippen MR) is 67.6 cm³/mol. The number of hydrogen-bond acceptors (Lipinski definition) is 4. The molecule has 1 rings (SSSR count). The van der Waals surface area contributed by atoms with E-state index in [1.807, 2.05) is 0 Å². The van der Waals surface area contributed by atoms with Crippen LogP contribution in [-0.2, 0) is 6.42 Å². The number of nitrogens with two attached hydrogens (primary N) is 1. The highest BCUT2D eigenvalue weighted by Gasteiger charge is 2.06. The highest BCUT2D eigenvalue weighted by molar-refractivity contribution is 5.38. The zero-order valence-electron chi connectivity index (χ0n) is 10.3. The summed E-state index contributed by atoms with van der Waals surface area (Å²) in [6.07, 6.45) is 4.79. The van der Waals surface area contributed by atoms with E-state index in [2.05, 4.69) is 34.8 Å². The lowest BCUT2D eigenvalue weighted by Gasteiger charge is -2.21. The van der Waals surface area contributed by atoms with Gasteiger partial charge in [-0.3, -0.25) is 0 Å². The largest absolute Gasteiger partial charge is 0.357 e. The van der Waals surface area contributed by atoms with Gasteiger partial charge >= 0.3 is 0 Å². The SMILES string of the molecule is CCCc1cc(N(CC)CCCN)ncn1. The van der Waals surface area contributed by atoms with Crippen LogP contribution in [0.3, 0.4) is 0 Å². The van der Waals surface area contributed by atoms with Gasteiger partial charge in [0.1, 0.15) is 12.1 Å². The Labute approximate surface area is 97.9 Å². The van der Waals surface area contributed by atoms with Crippen LogP contribution in [0.25, 0.3) is 0 Å². The summed E-state index contributed by atoms with van der Waals surface area (Å²) in [5.41, 5.74) is 6.65. The van der Waals surface area contributed by atoms with Crippen molar-refractivity contribution >= 4 is 5.82 Å². The van der Waals surface area contributed by atoms with Crippen molar-refractivity contribution in [1.29, 1.82) is 0 Å². The maximum absolute atomic E-state index is 5.53. The van der Waals surface area contributed by atoms with E-state index >= 15 is 0 Å². The van der Waals surface area contributed by atoms with Gasteiger partial charge in [0, 0.05) is 24.8 Å². The van der Waals surface area contributed by atoms with Crippen LogP contribution in [0.5, 0.6) is 0 Å². The van der Waals surface area contributed by atoms with Crippen LogP contribution in [0.1, 0.15) is 32.4 Å². The van der Waals surface area contributed by atoms with Crippen LogP contribution in [0.4, 0.5) is 5.82 Å². The van der Waals surface area contributed by atoms with Crippen LogP contribution in [0.15, 0.2) is 12.4 Å². The third-order valence-corrected chi connectivity index (χ3v) is 2.55. The molecule has 0 fully saturated rings. The molecule has 1 aromatic heterocycles. The van der Waals surface area contributed by atoms with E-state index in [0.29, 0.717) is 0 Å². The van der Waals surface area contributed by atoms with Gasteiger partial charge < -0.3 is 10.6 Å². The average molecular weight is 222 g/mol. The molecule has 4 nitrogen and oxygen atoms in total. The summed E-state index contributed by atoms with van der Waals surface area (Å²) < 4.78 is 0. The summed E-state index contributed by atoms with van der Waals surface area (Å²) in [6.45, 7) is 6.95. The lowest BCUT2D eigenvalue weighted by Crippen LogP contribution is -2.26. The van der Waals surface area contributed by atoms with Crippen molar-refractivity contribution in [1.82, 2.24) is 9.97 Å². The third kappa shape index (κ3) is 3.77. The molecule has 1 aromatic rings. The number of aryl methyl sites for hydroxylation is 1. The molecule has 4 heteroatoms. The maximum atomic E-state index is 5.53. The van der Waals surface area contributed by atoms with E-state index in [1.54, 1.807) is 6.33 Å². The first-order valence-corrected chi connectivity index (χ1v) is 6.07. The second-order valence-corrected chi connectivity index (χ2v) is 3.84. The smallest absolute Gasteiger partial charge is 0.132 e. The molecule has 0 aromatic carbocycles. The van der Waals surface area contributed by atoms with Crippen molar-refractivity contribution in [3.8, 4) is 0 Å². The standard InChI is InChI=1S/C12H22N4/c1-3-6-11-9-12(15-10-14-11)16(4-2)8-5-7-13/h9-10H,3-8,13H2,1-2H3. The van der Waals surface area contributed by atoms with Crippen LogP contribution in [0, 0.1) is 0 Å². The third-order valence-electron chi connectivity index (χ3n) is 2.55. The molecule has 0 spiro atoms. The molecule has 90 valence electrons. The van der Waals surface area contributed by atoms with Gasteiger partial charge in [-0.1, -0.05) is 13.3 Å². The summed E-state index contributed by atoms with van der Waals surface area (Å²) in [6, 6.07) is 2.09. The fourth-order valence-electron chi connectivity index (χ4n) is 1.67. The topological polar surface area (TPSA) is 55.0 Å². The Kier molecular flexibility index (Phi) is 5.78. The zero-order chi connectivity index (χ0) is 11.8. The molecular weight excluding hydrogens is 200 g/mol. The van der Waals surface area contributed by atoms with Crippen molar-refractivity contribution < 1.29 is 0 Å². The summed E-state index contributed by atoms with van der Waals surface area (Å²) in [7, 11) is 0. The molecule has 2 N–H and O–H groups in total. The van der Waals surface area contributed by atoms with E-state index in [4.69, 9.17) is 5.73 Å². The normalized spacial score (nSPS) is 10.4. The summed E-state index contributed by atoms with van der Waals surface area (Å²) in [5.74, 6) is 1.02. The molecule has 0 saturated heterocycles. The quantitative estimate of drug-likeness (QED) is 0.761. The van der Waals surface area contributed by atoms with Gasteiger partial charge in [-0.05, 0) is 26.3 Å². The van der Waals surface area contributed by atoms with E-state index < -0.39 is 0 Å². The molecular formula is C12H22N4. The second kappa shape index (κ2) is 7.17. The first kappa shape index (κ1) is 12.9. The molecule has 0 amide bonds. The fourth-order valence-corrected chi connectivity index (χ4v) is 1.67. The van der Waals surface area contributed by atoms with Crippen molar-refractivity contribution in [2.24, 2.45) is 5.73 Å². The van der Waals surface area contributed by atoms with Crippen molar-refractivity contribution in [2.45, 2.75) is 33.1 Å². The minimum atomic E-state index is 0.726. The average Bonchev–Trinajstić information content (AvgIpc) is 2.31. The lowest BCUT2D eigenvalue weighted by molar-refractivity contribution is 0.740. The second-order valence-electron chi connectivity index (χ2n) is 3.84. The van der Waals surface area contributed by atoms with E-state index in [1.165, 1.54) is 0 Å². The molecule has 0 radical (unpaired) electrons. The van der Waals surface area contributed by atoms with Crippen LogP contribution >= 0.6 is 0 Å². The zero-order valence-corrected chi connectivity index (χ0v) is 10.3. The molecule has 0 unspecified atom stereocenters. The Bertz CT molecular complexity index is 301. The Morgan fingerprint density at radius 3 is 2.75 bits per heavy atom. The Morgan fingerprint density at radius 1 is 1.31 bits per heavy atom. The number of rotatable bonds is 7. The molecule has 0 bridgehead atoms. The molecule has 0 aliphatic rings. The first-order valence-electron chi connectivity index (χ1n) is 6.07. The predicted octanol–water partition coefficient (Wildman–Crippen LogP) is 1.60. The highest BCUT2D eigenvalue weighted by Crippen LogP contribution is 2.12. The van der Waals surface area contributed by atoms with Crippen molar-refractivity contribution in [2.75, 3.05) is 24.5 Å². The fraction of sp³-hybridized carbons (Fsp3) is 0.667. The van der Waals surface area contributed by atoms with E-state index in [0.717, 1.165) is 50.4 Å². The Hall–Kier alpha value is -1.16. The van der Waals surface area contributed by atoms with Crippen LogP contribution in [-0.4, -0.2) is 29.6 Å². The first-order chi connectivity index (χ1) is 7.81. The Morgan fingerprint density at radius 2 is 2.12 bits per heavy atom. The summed E-state index contributed by atoms with van der Waals surface area (Å²) >= 11 is 0. The van der Waals surface area contributed by atoms with E-state index in [-0.39, 0.29) is 0 Å². The molecule has 0 aliphatic heterocycles. The van der Waals surface area contributed by atoms with Crippen LogP contribution < -0.4 is 10.6 Å². The monoisotopic (exact) mass is 222 g/mol. The van der Waals surface area contributed by atoms with Gasteiger partial charge in [0.2, 0.25) is 0 Å². The minimum Gasteiger partial charge on any atom is -0.357 e. The summed E-state index contributed by atoms with van der Waals surface area (Å²) in [4.78, 5) is 10.8. The number of aromatic nitrogens is 2. The molecule has 0 saturated carbocycles. The maximum Gasteiger partial charge on any atom is 0.132 e. The molecule has 1 heterocycles. The van der Waals surface area contributed by atoms with Gasteiger partial charge in [-0.15, -0.1) is 0 Å². The number of nitrogens with zero attached hydrogens (tertiary/aromatic N) is 3. The van der Waals surface area contributed by atoms with Gasteiger partial charge in [-0.25, -0.2) is 9.97 Å². The van der Waals surface area contributed by atoms with Crippen molar-refractivity contribution in [3.63, 3.8) is 0 Å². The van der Waals surface area contributed by atoms with Gasteiger partial charge in [-0.2, -0.15) is 0 Å². The molecule has 16 heavy (non-hydrogen) atoms. The Balaban J connectivity index is 2.71. The van der Waals surface area contributed by atoms with Crippen LogP contribution in [0.2, 0.25) is 0 Å². The van der Waals surface area contributed by atoms with Gasteiger partial charge in [0.25, 0.3) is 0 Å².